The molecular formula is C24H26N4O2. The predicted molar refractivity (Wildman–Crippen MR) is 116 cm³/mol. The highest BCUT2D eigenvalue weighted by Crippen LogP contribution is 2.33. The molecule has 1 atom stereocenters. The third kappa shape index (κ3) is 4.66. The van der Waals surface area contributed by atoms with Crippen LogP contribution in [0.3, 0.4) is 0 Å². The van der Waals surface area contributed by atoms with Crippen molar-refractivity contribution < 1.29 is 9.21 Å². The second-order valence-electron chi connectivity index (χ2n) is 7.70. The molecule has 30 heavy (non-hydrogen) atoms. The van der Waals surface area contributed by atoms with Crippen LogP contribution in [0.1, 0.15) is 35.0 Å². The second-order valence-corrected chi connectivity index (χ2v) is 7.70. The van der Waals surface area contributed by atoms with Crippen molar-refractivity contribution in [3.05, 3.63) is 89.6 Å². The van der Waals surface area contributed by atoms with Gasteiger partial charge in [0.25, 0.3) is 5.91 Å². The zero-order chi connectivity index (χ0) is 20.9. The molecule has 2 aromatic heterocycles. The topological polar surface area (TPSA) is 61.9 Å². The molecule has 0 radical (unpaired) electrons. The third-order valence-electron chi connectivity index (χ3n) is 5.30. The lowest BCUT2D eigenvalue weighted by Crippen LogP contribution is -2.37. The van der Waals surface area contributed by atoms with E-state index in [4.69, 9.17) is 9.52 Å². The van der Waals surface area contributed by atoms with Gasteiger partial charge in [0.1, 0.15) is 11.8 Å². The number of hydrogen-bond donors (Lipinski definition) is 0. The Bertz CT molecular complexity index is 997. The molecule has 0 fully saturated rings. The van der Waals surface area contributed by atoms with Gasteiger partial charge in [-0.25, -0.2) is 5.01 Å². The molecule has 0 bridgehead atoms. The Balaban J connectivity index is 1.46. The van der Waals surface area contributed by atoms with E-state index in [0.29, 0.717) is 6.42 Å². The molecule has 0 saturated heterocycles. The summed E-state index contributed by atoms with van der Waals surface area (Å²) in [5.41, 5.74) is 4.16. The van der Waals surface area contributed by atoms with Crippen molar-refractivity contribution in [2.24, 2.45) is 5.10 Å². The maximum absolute atomic E-state index is 13.1. The molecule has 6 heteroatoms. The summed E-state index contributed by atoms with van der Waals surface area (Å²) >= 11 is 0. The summed E-state index contributed by atoms with van der Waals surface area (Å²) in [4.78, 5) is 19.5. The molecule has 0 saturated carbocycles. The number of aryl methyl sites for hydroxylation is 1. The molecule has 4 rings (SSSR count). The first kappa shape index (κ1) is 20.0. The number of likely N-dealkylation sites (N-methyl/N-ethyl adjacent to an activating group) is 1. The molecule has 1 aliphatic rings. The standard InChI is InChI=1S/C24H26N4O2/c1-18-8-10-19(11-9-18)21-16-22(23-7-5-15-30-23)28(26-21)24(29)17-27(2)14-12-20-6-3-4-13-25-20/h3-11,13,15,22H,12,14,16-17H2,1-2H3. The highest BCUT2D eigenvalue weighted by molar-refractivity contribution is 6.03. The van der Waals surface area contributed by atoms with Gasteiger partial charge in [-0.3, -0.25) is 14.7 Å². The van der Waals surface area contributed by atoms with E-state index in [1.54, 1.807) is 17.5 Å². The molecule has 1 amide bonds. The molecule has 3 aromatic rings. The summed E-state index contributed by atoms with van der Waals surface area (Å²) in [6, 6.07) is 17.7. The number of hydrogen-bond acceptors (Lipinski definition) is 5. The summed E-state index contributed by atoms with van der Waals surface area (Å²) in [7, 11) is 1.95. The number of aromatic nitrogens is 1. The number of hydrazone groups is 1. The van der Waals surface area contributed by atoms with E-state index >= 15 is 0 Å². The van der Waals surface area contributed by atoms with Gasteiger partial charge in [0.2, 0.25) is 0 Å². The monoisotopic (exact) mass is 402 g/mol. The molecule has 1 aliphatic heterocycles. The van der Waals surface area contributed by atoms with Gasteiger partial charge in [0.15, 0.2) is 0 Å². The van der Waals surface area contributed by atoms with E-state index in [9.17, 15) is 4.79 Å². The SMILES string of the molecule is Cc1ccc(C2=NN(C(=O)CN(C)CCc3ccccn3)C(c3ccco3)C2)cc1. The fraction of sp³-hybridized carbons (Fsp3) is 0.292. The second kappa shape index (κ2) is 9.05. The van der Waals surface area contributed by atoms with Crippen molar-refractivity contribution in [1.82, 2.24) is 14.9 Å². The zero-order valence-electron chi connectivity index (χ0n) is 17.4. The Hall–Kier alpha value is -3.25. The van der Waals surface area contributed by atoms with Crippen LogP contribution < -0.4 is 0 Å². The highest BCUT2D eigenvalue weighted by Gasteiger charge is 2.35. The van der Waals surface area contributed by atoms with Crippen LogP contribution >= 0.6 is 0 Å². The van der Waals surface area contributed by atoms with Crippen LogP contribution in [0.5, 0.6) is 0 Å². The lowest BCUT2D eigenvalue weighted by Gasteiger charge is -2.23. The average molecular weight is 402 g/mol. The maximum atomic E-state index is 13.1. The highest BCUT2D eigenvalue weighted by atomic mass is 16.3. The number of nitrogens with zero attached hydrogens (tertiary/aromatic N) is 4. The van der Waals surface area contributed by atoms with Gasteiger partial charge in [0.05, 0.1) is 18.5 Å². The van der Waals surface area contributed by atoms with Crippen LogP contribution in [-0.2, 0) is 11.2 Å². The van der Waals surface area contributed by atoms with E-state index in [2.05, 4.69) is 36.2 Å². The van der Waals surface area contributed by atoms with Crippen molar-refractivity contribution in [2.45, 2.75) is 25.8 Å². The number of rotatable bonds is 7. The first-order valence-corrected chi connectivity index (χ1v) is 10.2. The van der Waals surface area contributed by atoms with Crippen LogP contribution in [0.15, 0.2) is 76.6 Å². The molecule has 0 N–H and O–H groups in total. The summed E-state index contributed by atoms with van der Waals surface area (Å²) in [6.07, 6.45) is 4.87. The van der Waals surface area contributed by atoms with E-state index in [1.165, 1.54) is 5.56 Å². The smallest absolute Gasteiger partial charge is 0.257 e. The molecule has 1 aromatic carbocycles. The summed E-state index contributed by atoms with van der Waals surface area (Å²) in [5.74, 6) is 0.715. The summed E-state index contributed by atoms with van der Waals surface area (Å²) in [5, 5.41) is 6.29. The van der Waals surface area contributed by atoms with Crippen molar-refractivity contribution in [1.29, 1.82) is 0 Å². The fourth-order valence-corrected chi connectivity index (χ4v) is 3.60. The van der Waals surface area contributed by atoms with E-state index < -0.39 is 0 Å². The average Bonchev–Trinajstić information content (AvgIpc) is 3.43. The quantitative estimate of drug-likeness (QED) is 0.603. The first-order valence-electron chi connectivity index (χ1n) is 10.2. The Morgan fingerprint density at radius 3 is 2.70 bits per heavy atom. The lowest BCUT2D eigenvalue weighted by atomic mass is 10.0. The Morgan fingerprint density at radius 1 is 1.17 bits per heavy atom. The van der Waals surface area contributed by atoms with Gasteiger partial charge >= 0.3 is 0 Å². The molecule has 1 unspecified atom stereocenters. The van der Waals surface area contributed by atoms with Gasteiger partial charge in [-0.1, -0.05) is 35.9 Å². The number of pyridine rings is 1. The number of carbonyl (C=O) groups excluding carboxylic acids is 1. The predicted octanol–water partition coefficient (Wildman–Crippen LogP) is 3.84. The Morgan fingerprint density at radius 2 is 2.00 bits per heavy atom. The van der Waals surface area contributed by atoms with Gasteiger partial charge in [-0.2, -0.15) is 5.10 Å². The van der Waals surface area contributed by atoms with Crippen LogP contribution in [0.25, 0.3) is 0 Å². The molecule has 3 heterocycles. The Kier molecular flexibility index (Phi) is 6.05. The number of amides is 1. The number of benzene rings is 1. The first-order chi connectivity index (χ1) is 14.6. The summed E-state index contributed by atoms with van der Waals surface area (Å²) in [6.45, 7) is 3.09. The van der Waals surface area contributed by atoms with Crippen LogP contribution in [0.4, 0.5) is 0 Å². The minimum atomic E-state index is -0.215. The van der Waals surface area contributed by atoms with Crippen molar-refractivity contribution >= 4 is 11.6 Å². The normalized spacial score (nSPS) is 16.2. The zero-order valence-corrected chi connectivity index (χ0v) is 17.4. The minimum Gasteiger partial charge on any atom is -0.467 e. The number of furan rings is 1. The van der Waals surface area contributed by atoms with Gasteiger partial charge in [0, 0.05) is 31.3 Å². The fourth-order valence-electron chi connectivity index (χ4n) is 3.60. The van der Waals surface area contributed by atoms with Crippen molar-refractivity contribution in [2.75, 3.05) is 20.1 Å². The third-order valence-corrected chi connectivity index (χ3v) is 5.30. The Labute approximate surface area is 176 Å². The minimum absolute atomic E-state index is 0.0398. The molecule has 0 spiro atoms. The van der Waals surface area contributed by atoms with Gasteiger partial charge in [-0.15, -0.1) is 0 Å². The van der Waals surface area contributed by atoms with Gasteiger partial charge in [-0.05, 0) is 43.8 Å². The van der Waals surface area contributed by atoms with Crippen LogP contribution in [-0.4, -0.2) is 46.6 Å². The van der Waals surface area contributed by atoms with E-state index in [-0.39, 0.29) is 18.5 Å². The van der Waals surface area contributed by atoms with Crippen molar-refractivity contribution in [3.8, 4) is 0 Å². The maximum Gasteiger partial charge on any atom is 0.257 e. The largest absolute Gasteiger partial charge is 0.467 e. The molecule has 6 nitrogen and oxygen atoms in total. The molecule has 154 valence electrons. The van der Waals surface area contributed by atoms with Crippen molar-refractivity contribution in [3.63, 3.8) is 0 Å². The van der Waals surface area contributed by atoms with Gasteiger partial charge < -0.3 is 4.42 Å². The van der Waals surface area contributed by atoms with Crippen LogP contribution in [0.2, 0.25) is 0 Å². The van der Waals surface area contributed by atoms with E-state index in [1.807, 2.05) is 42.3 Å². The molecule has 0 aliphatic carbocycles. The number of carbonyl (C=O) groups is 1. The van der Waals surface area contributed by atoms with E-state index in [0.717, 1.165) is 35.7 Å². The van der Waals surface area contributed by atoms with Crippen LogP contribution in [0, 0.1) is 6.92 Å². The summed E-state index contributed by atoms with van der Waals surface area (Å²) < 4.78 is 5.62. The molecular weight excluding hydrogens is 376 g/mol. The lowest BCUT2D eigenvalue weighted by molar-refractivity contribution is -0.134.